The van der Waals surface area contributed by atoms with Gasteiger partial charge in [-0.05, 0) is 72.8 Å². The van der Waals surface area contributed by atoms with Crippen LogP contribution in [0.15, 0.2) is 60.7 Å². The molecule has 126 valence electrons. The largest absolute Gasteiger partial charge is 0.251 e. The van der Waals surface area contributed by atoms with Gasteiger partial charge in [0.05, 0.1) is 6.67 Å². The van der Waals surface area contributed by atoms with E-state index < -0.39 is 0 Å². The first kappa shape index (κ1) is 17.2. The standard InChI is InChI=1S/C22H24ClF/c23-22-14-12-21(13-15-22)20-10-8-19(9-11-20)18-6-4-17(5-7-18)3-1-2-16-24/h1,3,8-15,17-18H,2,4-7,16H2/t17-,18-. The van der Waals surface area contributed by atoms with E-state index in [2.05, 4.69) is 42.5 Å². The lowest BCUT2D eigenvalue weighted by molar-refractivity contribution is 0.375. The molecule has 0 unspecified atom stereocenters. The zero-order valence-electron chi connectivity index (χ0n) is 13.9. The van der Waals surface area contributed by atoms with Crippen LogP contribution >= 0.6 is 11.6 Å². The van der Waals surface area contributed by atoms with Gasteiger partial charge in [0.15, 0.2) is 0 Å². The maximum Gasteiger partial charge on any atom is 0.0928 e. The number of hydrogen-bond donors (Lipinski definition) is 0. The molecule has 0 spiro atoms. The molecule has 0 bridgehead atoms. The van der Waals surface area contributed by atoms with Crippen molar-refractivity contribution in [1.29, 1.82) is 0 Å². The van der Waals surface area contributed by atoms with Crippen LogP contribution in [0.3, 0.4) is 0 Å². The molecule has 3 rings (SSSR count). The third-order valence-corrected chi connectivity index (χ3v) is 5.27. The van der Waals surface area contributed by atoms with E-state index in [1.165, 1.54) is 42.4 Å². The molecule has 1 fully saturated rings. The average Bonchev–Trinajstić information content (AvgIpc) is 2.63. The summed E-state index contributed by atoms with van der Waals surface area (Å²) in [5.41, 5.74) is 3.88. The van der Waals surface area contributed by atoms with E-state index in [0.717, 1.165) is 5.02 Å². The molecule has 1 saturated carbocycles. The van der Waals surface area contributed by atoms with Crippen molar-refractivity contribution >= 4 is 11.6 Å². The van der Waals surface area contributed by atoms with E-state index in [-0.39, 0.29) is 6.67 Å². The first-order chi connectivity index (χ1) is 11.8. The smallest absolute Gasteiger partial charge is 0.0928 e. The fourth-order valence-electron chi connectivity index (χ4n) is 3.59. The third-order valence-electron chi connectivity index (χ3n) is 5.02. The highest BCUT2D eigenvalue weighted by Crippen LogP contribution is 2.37. The molecule has 2 heteroatoms. The second kappa shape index (κ2) is 8.48. The Morgan fingerprint density at radius 1 is 0.875 bits per heavy atom. The van der Waals surface area contributed by atoms with Gasteiger partial charge in [-0.3, -0.25) is 4.39 Å². The Morgan fingerprint density at radius 2 is 1.46 bits per heavy atom. The molecule has 0 saturated heterocycles. The fourth-order valence-corrected chi connectivity index (χ4v) is 3.71. The summed E-state index contributed by atoms with van der Waals surface area (Å²) in [4.78, 5) is 0. The van der Waals surface area contributed by atoms with Gasteiger partial charge in [-0.25, -0.2) is 0 Å². The molecule has 24 heavy (non-hydrogen) atoms. The summed E-state index contributed by atoms with van der Waals surface area (Å²) in [6.07, 6.45) is 9.67. The second-order valence-corrected chi connectivity index (χ2v) is 7.08. The lowest BCUT2D eigenvalue weighted by Crippen LogP contribution is -2.11. The van der Waals surface area contributed by atoms with Gasteiger partial charge < -0.3 is 0 Å². The lowest BCUT2D eigenvalue weighted by Gasteiger charge is -2.27. The van der Waals surface area contributed by atoms with Crippen LogP contribution in [0, 0.1) is 5.92 Å². The molecular weight excluding hydrogens is 319 g/mol. The number of rotatable bonds is 5. The van der Waals surface area contributed by atoms with Gasteiger partial charge in [-0.2, -0.15) is 0 Å². The fraction of sp³-hybridized carbons (Fsp3) is 0.364. The summed E-state index contributed by atoms with van der Waals surface area (Å²) in [5.74, 6) is 1.30. The van der Waals surface area contributed by atoms with Crippen LogP contribution in [-0.4, -0.2) is 6.67 Å². The van der Waals surface area contributed by atoms with Crippen LogP contribution in [0.5, 0.6) is 0 Å². The lowest BCUT2D eigenvalue weighted by atomic mass is 9.78. The minimum Gasteiger partial charge on any atom is -0.251 e. The summed E-state index contributed by atoms with van der Waals surface area (Å²) < 4.78 is 12.1. The van der Waals surface area contributed by atoms with Crippen molar-refractivity contribution in [1.82, 2.24) is 0 Å². The molecule has 0 radical (unpaired) electrons. The molecule has 2 aromatic carbocycles. The highest BCUT2D eigenvalue weighted by atomic mass is 35.5. The Labute approximate surface area is 149 Å². The number of hydrogen-bond acceptors (Lipinski definition) is 0. The topological polar surface area (TPSA) is 0 Å². The van der Waals surface area contributed by atoms with Gasteiger partial charge in [-0.1, -0.05) is 60.2 Å². The van der Waals surface area contributed by atoms with Crippen LogP contribution in [0.25, 0.3) is 11.1 Å². The van der Waals surface area contributed by atoms with E-state index in [0.29, 0.717) is 18.3 Å². The van der Waals surface area contributed by atoms with E-state index in [9.17, 15) is 4.39 Å². The normalized spacial score (nSPS) is 21.2. The first-order valence-corrected chi connectivity index (χ1v) is 9.22. The number of benzene rings is 2. The van der Waals surface area contributed by atoms with Crippen molar-refractivity contribution in [2.45, 2.75) is 38.0 Å². The molecule has 0 atom stereocenters. The summed E-state index contributed by atoms with van der Waals surface area (Å²) >= 11 is 5.95. The summed E-state index contributed by atoms with van der Waals surface area (Å²) in [5, 5.41) is 0.771. The van der Waals surface area contributed by atoms with Gasteiger partial charge in [0.2, 0.25) is 0 Å². The predicted octanol–water partition coefficient (Wildman–Crippen LogP) is 7.20. The Morgan fingerprint density at radius 3 is 2.04 bits per heavy atom. The third kappa shape index (κ3) is 4.48. The summed E-state index contributed by atoms with van der Waals surface area (Å²) in [6.45, 7) is -0.244. The SMILES string of the molecule is FCCC=C[C@H]1CC[C@H](c2ccc(-c3ccc(Cl)cc3)cc2)CC1. The molecule has 2 aromatic rings. The monoisotopic (exact) mass is 342 g/mol. The van der Waals surface area contributed by atoms with Crippen LogP contribution in [0.2, 0.25) is 5.02 Å². The van der Waals surface area contributed by atoms with Crippen LogP contribution in [0.1, 0.15) is 43.6 Å². The van der Waals surface area contributed by atoms with Crippen molar-refractivity contribution in [2.24, 2.45) is 5.92 Å². The van der Waals surface area contributed by atoms with E-state index in [1.54, 1.807) is 0 Å². The highest BCUT2D eigenvalue weighted by Gasteiger charge is 2.20. The van der Waals surface area contributed by atoms with Crippen molar-refractivity contribution in [3.8, 4) is 11.1 Å². The number of allylic oxidation sites excluding steroid dienone is 2. The minimum atomic E-state index is -0.244. The van der Waals surface area contributed by atoms with Gasteiger partial charge in [-0.15, -0.1) is 0 Å². The minimum absolute atomic E-state index is 0.244. The second-order valence-electron chi connectivity index (χ2n) is 6.65. The summed E-state index contributed by atoms with van der Waals surface area (Å²) in [7, 11) is 0. The number of halogens is 2. The van der Waals surface area contributed by atoms with E-state index >= 15 is 0 Å². The maximum atomic E-state index is 12.1. The van der Waals surface area contributed by atoms with Crippen molar-refractivity contribution in [3.05, 3.63) is 71.3 Å². The predicted molar refractivity (Wildman–Crippen MR) is 101 cm³/mol. The molecular formula is C22H24ClF. The van der Waals surface area contributed by atoms with Crippen LogP contribution < -0.4 is 0 Å². The zero-order valence-corrected chi connectivity index (χ0v) is 14.7. The maximum absolute atomic E-state index is 12.1. The molecule has 0 N–H and O–H groups in total. The van der Waals surface area contributed by atoms with Crippen LogP contribution in [0.4, 0.5) is 4.39 Å². The van der Waals surface area contributed by atoms with Crippen molar-refractivity contribution in [2.75, 3.05) is 6.67 Å². The Kier molecular flexibility index (Phi) is 6.09. The van der Waals surface area contributed by atoms with Crippen molar-refractivity contribution in [3.63, 3.8) is 0 Å². The number of alkyl halides is 1. The molecule has 0 amide bonds. The molecule has 0 nitrogen and oxygen atoms in total. The van der Waals surface area contributed by atoms with Gasteiger partial charge >= 0.3 is 0 Å². The van der Waals surface area contributed by atoms with E-state index in [1.807, 2.05) is 18.2 Å². The molecule has 0 aliphatic heterocycles. The van der Waals surface area contributed by atoms with Gasteiger partial charge in [0.25, 0.3) is 0 Å². The zero-order chi connectivity index (χ0) is 16.8. The highest BCUT2D eigenvalue weighted by molar-refractivity contribution is 6.30. The average molecular weight is 343 g/mol. The van der Waals surface area contributed by atoms with Crippen LogP contribution in [-0.2, 0) is 0 Å². The molecule has 0 heterocycles. The molecule has 0 aromatic heterocycles. The summed E-state index contributed by atoms with van der Waals surface area (Å²) in [6, 6.07) is 17.0. The van der Waals surface area contributed by atoms with Crippen molar-refractivity contribution < 1.29 is 4.39 Å². The Balaban J connectivity index is 1.59. The van der Waals surface area contributed by atoms with Gasteiger partial charge in [0.1, 0.15) is 0 Å². The first-order valence-electron chi connectivity index (χ1n) is 8.85. The molecule has 1 aliphatic carbocycles. The molecule has 1 aliphatic rings. The Hall–Kier alpha value is -1.60. The van der Waals surface area contributed by atoms with E-state index in [4.69, 9.17) is 11.6 Å². The quantitative estimate of drug-likeness (QED) is 0.504. The van der Waals surface area contributed by atoms with Gasteiger partial charge in [0, 0.05) is 5.02 Å². The Bertz CT molecular complexity index is 649.